The van der Waals surface area contributed by atoms with Gasteiger partial charge < -0.3 is 89.7 Å². The van der Waals surface area contributed by atoms with Crippen LogP contribution in [0.4, 0.5) is 0 Å². The van der Waals surface area contributed by atoms with Crippen LogP contribution in [0.15, 0.2) is 11.6 Å². The zero-order chi connectivity index (χ0) is 48.7. The average Bonchev–Trinajstić information content (AvgIpc) is 3.57. The summed E-state index contributed by atoms with van der Waals surface area (Å²) in [6.07, 6.45) is -10.1. The van der Waals surface area contributed by atoms with Gasteiger partial charge in [0.25, 0.3) is 0 Å². The zero-order valence-electron chi connectivity index (χ0n) is 40.1. The first-order valence-electron chi connectivity index (χ1n) is 23.7. The maximum Gasteiger partial charge on any atom is 0.212 e. The molecule has 0 spiro atoms. The molecule has 0 aromatic rings. The largest absolute Gasteiger partial charge is 0.397 e. The van der Waals surface area contributed by atoms with Crippen LogP contribution in [0.5, 0.6) is 0 Å². The number of aliphatic hydroxyl groups excluding tert-OH is 11. The Hall–Kier alpha value is -0.980. The van der Waals surface area contributed by atoms with Gasteiger partial charge in [0, 0.05) is 13.2 Å². The summed E-state index contributed by atoms with van der Waals surface area (Å²) >= 11 is 0. The van der Waals surface area contributed by atoms with Gasteiger partial charge in [0.15, 0.2) is 43.8 Å². The van der Waals surface area contributed by atoms with Crippen LogP contribution in [-0.4, -0.2) is 161 Å². The molecular weight excluding hydrogens is 840 g/mol. The van der Waals surface area contributed by atoms with Crippen molar-refractivity contribution >= 4 is 0 Å². The lowest BCUT2D eigenvalue weighted by molar-refractivity contribution is -0.401. The molecule has 0 bridgehead atoms. The highest BCUT2D eigenvalue weighted by Crippen LogP contribution is 2.65. The summed E-state index contributed by atoms with van der Waals surface area (Å²) in [6.45, 7) is 20.0. The first kappa shape index (κ1) is 59.1. The summed E-state index contributed by atoms with van der Waals surface area (Å²) < 4.78 is 33.1. The minimum Gasteiger partial charge on any atom is -0.397 e. The Labute approximate surface area is 381 Å². The highest BCUT2D eigenvalue weighted by Gasteiger charge is 2.57. The van der Waals surface area contributed by atoms with Gasteiger partial charge >= 0.3 is 0 Å². The van der Waals surface area contributed by atoms with Crippen molar-refractivity contribution in [2.45, 2.75) is 227 Å². The standard InChI is InChI=1S/C33H56O16.C9H20O.C2H6O.C2H6/c1-14(34)44-30(25(39)26(40)41)49-28(43)31(46-15(2)45-29-24(38)22(36)23(37)27(42)48-29)47-18-7-10-33(4)16(11-18)5-6-19-20(33)8-9-32(3)13-17(35)12-21(19)32;1-4-8(2)5-6-9(3)7-10;1-2-3;1-2/h5,14-15,17-31,34-43H,6-13H2,1-4H3;8-10H,4-7H2,1-3H3;3H,2H2,1H3;1-2H3/t14?,15?,17?,18?,19?,20-,21?,22?,23?,24?,25?,27?,28+,29?,30?,31?,32?,33?;8?,9-;;/m01../s1. The van der Waals surface area contributed by atoms with Crippen molar-refractivity contribution in [2.24, 2.45) is 40.4 Å². The molecule has 0 amide bonds. The van der Waals surface area contributed by atoms with Crippen molar-refractivity contribution in [2.75, 3.05) is 13.2 Å². The molecule has 20 atom stereocenters. The van der Waals surface area contributed by atoms with Crippen LogP contribution in [0.3, 0.4) is 0 Å². The molecule has 380 valence electrons. The first-order chi connectivity index (χ1) is 30.0. The van der Waals surface area contributed by atoms with E-state index in [0.717, 1.165) is 44.4 Å². The van der Waals surface area contributed by atoms with Crippen molar-refractivity contribution in [1.82, 2.24) is 0 Å². The van der Waals surface area contributed by atoms with Gasteiger partial charge in [-0.3, -0.25) is 0 Å². The Kier molecular flexibility index (Phi) is 25.8. The van der Waals surface area contributed by atoms with E-state index in [-0.39, 0.29) is 23.5 Å². The highest BCUT2D eigenvalue weighted by atomic mass is 16.8. The van der Waals surface area contributed by atoms with Crippen LogP contribution in [0, 0.1) is 40.4 Å². The van der Waals surface area contributed by atoms with Gasteiger partial charge in [-0.05, 0) is 119 Å². The normalized spacial score (nSPS) is 37.1. The van der Waals surface area contributed by atoms with Crippen molar-refractivity contribution < 1.29 is 89.7 Å². The molecule has 17 unspecified atom stereocenters. The number of aliphatic hydroxyl groups is 12. The fourth-order valence-electron chi connectivity index (χ4n) is 10.1. The molecule has 0 aromatic heterocycles. The van der Waals surface area contributed by atoms with Crippen LogP contribution >= 0.6 is 0 Å². The van der Waals surface area contributed by atoms with E-state index in [9.17, 15) is 51.1 Å². The van der Waals surface area contributed by atoms with E-state index >= 15 is 0 Å². The molecule has 5 rings (SSSR count). The number of allylic oxidation sites excluding steroid dienone is 1. The lowest BCUT2D eigenvalue weighted by atomic mass is 9.48. The van der Waals surface area contributed by atoms with Gasteiger partial charge in [-0.25, -0.2) is 0 Å². The second-order valence-electron chi connectivity index (χ2n) is 18.9. The average molecular weight is 929 g/mol. The first-order valence-corrected chi connectivity index (χ1v) is 23.7. The minimum atomic E-state index is -2.36. The van der Waals surface area contributed by atoms with Crippen molar-refractivity contribution in [3.63, 3.8) is 0 Å². The molecule has 64 heavy (non-hydrogen) atoms. The molecule has 18 nitrogen and oxygen atoms in total. The van der Waals surface area contributed by atoms with Crippen molar-refractivity contribution in [3.8, 4) is 0 Å². The van der Waals surface area contributed by atoms with Gasteiger partial charge in [0.2, 0.25) is 12.6 Å². The van der Waals surface area contributed by atoms with Gasteiger partial charge in [-0.15, -0.1) is 0 Å². The molecule has 0 aromatic carbocycles. The smallest absolute Gasteiger partial charge is 0.212 e. The van der Waals surface area contributed by atoms with Crippen molar-refractivity contribution in [3.05, 3.63) is 11.6 Å². The molecule has 12 N–H and O–H groups in total. The minimum absolute atomic E-state index is 0.0716. The summed E-state index contributed by atoms with van der Waals surface area (Å²) in [5.41, 5.74) is 1.32. The Balaban J connectivity index is 0.000000812. The van der Waals surface area contributed by atoms with E-state index in [0.29, 0.717) is 43.1 Å². The Bertz CT molecular complexity index is 1300. The predicted octanol–water partition coefficient (Wildman–Crippen LogP) is 2.31. The molecule has 1 aliphatic heterocycles. The third-order valence-electron chi connectivity index (χ3n) is 13.9. The number of rotatable bonds is 18. The van der Waals surface area contributed by atoms with Crippen LogP contribution in [0.2, 0.25) is 0 Å². The second-order valence-corrected chi connectivity index (χ2v) is 18.9. The molecule has 1 heterocycles. The van der Waals surface area contributed by atoms with E-state index in [4.69, 9.17) is 38.6 Å². The van der Waals surface area contributed by atoms with E-state index < -0.39 is 80.8 Å². The maximum absolute atomic E-state index is 11.2. The lowest BCUT2D eigenvalue weighted by Crippen LogP contribution is -2.59. The van der Waals surface area contributed by atoms with Crippen LogP contribution < -0.4 is 0 Å². The predicted molar refractivity (Wildman–Crippen MR) is 234 cm³/mol. The number of ether oxygens (including phenoxy) is 6. The van der Waals surface area contributed by atoms with E-state index in [2.05, 4.69) is 40.7 Å². The van der Waals surface area contributed by atoms with Crippen LogP contribution in [0.25, 0.3) is 0 Å². The topological polar surface area (TPSA) is 298 Å². The van der Waals surface area contributed by atoms with Crippen LogP contribution in [0.1, 0.15) is 140 Å². The Morgan fingerprint density at radius 3 is 1.97 bits per heavy atom. The third kappa shape index (κ3) is 16.3. The third-order valence-corrected chi connectivity index (χ3v) is 13.9. The van der Waals surface area contributed by atoms with Gasteiger partial charge in [0.1, 0.15) is 18.3 Å². The van der Waals surface area contributed by atoms with E-state index in [1.807, 2.05) is 13.8 Å². The van der Waals surface area contributed by atoms with E-state index in [1.54, 1.807) is 6.92 Å². The summed E-state index contributed by atoms with van der Waals surface area (Å²) in [4.78, 5) is 0. The van der Waals surface area contributed by atoms with Gasteiger partial charge in [-0.2, -0.15) is 0 Å². The lowest BCUT2D eigenvalue weighted by Gasteiger charge is -2.57. The van der Waals surface area contributed by atoms with E-state index in [1.165, 1.54) is 38.7 Å². The molecule has 0 radical (unpaired) electrons. The molecule has 3 saturated carbocycles. The monoisotopic (exact) mass is 929 g/mol. The Morgan fingerprint density at radius 1 is 0.766 bits per heavy atom. The molecule has 4 fully saturated rings. The summed E-state index contributed by atoms with van der Waals surface area (Å²) in [5, 5.41) is 117. The summed E-state index contributed by atoms with van der Waals surface area (Å²) in [5.74, 6) is 2.74. The maximum atomic E-state index is 11.2. The number of hydrogen-bond donors (Lipinski definition) is 12. The Morgan fingerprint density at radius 2 is 1.39 bits per heavy atom. The van der Waals surface area contributed by atoms with Gasteiger partial charge in [-0.1, -0.05) is 73.0 Å². The van der Waals surface area contributed by atoms with Crippen molar-refractivity contribution in [1.29, 1.82) is 0 Å². The molecule has 1 saturated heterocycles. The fourth-order valence-corrected chi connectivity index (χ4v) is 10.1. The van der Waals surface area contributed by atoms with Crippen LogP contribution in [-0.2, 0) is 28.4 Å². The molecular formula is C46H88O18. The second kappa shape index (κ2) is 27.9. The van der Waals surface area contributed by atoms with Gasteiger partial charge in [0.05, 0.1) is 12.2 Å². The number of hydrogen-bond acceptors (Lipinski definition) is 18. The number of fused-ring (bicyclic) bond motifs is 5. The highest BCUT2D eigenvalue weighted by molar-refractivity contribution is 5.25. The SMILES string of the molecule is CC.CC(O)OC(O[C@@H](O)C(OC1CCC2(C)C(=CCC3C4CC(O)CC4(C)CC[C@@H]32)C1)OC(C)OC1OC(O)C(O)C(O)C1O)C(O)C(O)O.CCC(C)CC[C@@H](C)CO.CCO. The molecule has 5 aliphatic rings. The quantitative estimate of drug-likeness (QED) is 0.0694. The summed E-state index contributed by atoms with van der Waals surface area (Å²) in [7, 11) is 0. The molecule has 4 aliphatic carbocycles. The zero-order valence-corrected chi connectivity index (χ0v) is 40.1. The molecule has 18 heteroatoms. The fraction of sp³-hybridized carbons (Fsp3) is 0.957. The summed E-state index contributed by atoms with van der Waals surface area (Å²) in [6, 6.07) is 0.